The first-order valence-electron chi connectivity index (χ1n) is 22.8. The van der Waals surface area contributed by atoms with Crippen LogP contribution in [-0.2, 0) is 39.8 Å². The maximum Gasteiger partial charge on any atom is 0.419 e. The number of benzene rings is 3. The van der Waals surface area contributed by atoms with Gasteiger partial charge in [-0.15, -0.1) is 5.10 Å². The third kappa shape index (κ3) is 12.1. The van der Waals surface area contributed by atoms with Gasteiger partial charge in [-0.3, -0.25) is 19.2 Å². The number of rotatable bonds is 10. The monoisotopic (exact) mass is 980 g/mol. The molecule has 2 aliphatic heterocycles. The van der Waals surface area contributed by atoms with Crippen LogP contribution in [-0.4, -0.2) is 125 Å². The number of hydrogen-bond acceptors (Lipinski definition) is 13. The topological polar surface area (TPSA) is 229 Å². The van der Waals surface area contributed by atoms with Crippen LogP contribution in [0.15, 0.2) is 73.1 Å². The van der Waals surface area contributed by atoms with Gasteiger partial charge in [0.2, 0.25) is 5.91 Å². The number of piperazine rings is 1. The van der Waals surface area contributed by atoms with Crippen LogP contribution in [0.1, 0.15) is 91.2 Å². The molecule has 4 heterocycles. The summed E-state index contributed by atoms with van der Waals surface area (Å²) in [7, 11) is 0. The first kappa shape index (κ1) is 50.5. The van der Waals surface area contributed by atoms with Crippen molar-refractivity contribution in [1.82, 2.24) is 34.6 Å². The quantitative estimate of drug-likeness (QED) is 0.0815. The molecule has 1 unspecified atom stereocenters. The number of anilines is 3. The van der Waals surface area contributed by atoms with Crippen LogP contribution in [0.5, 0.6) is 0 Å². The molecule has 0 spiro atoms. The predicted molar refractivity (Wildman–Crippen MR) is 259 cm³/mol. The van der Waals surface area contributed by atoms with Gasteiger partial charge in [-0.1, -0.05) is 23.7 Å². The Bertz CT molecular complexity index is 2820. The highest BCUT2D eigenvalue weighted by molar-refractivity contribution is 6.41. The standard InChI is InChI=1S/C49H57ClN10O10/c1-47(2,3)68-43(64)30-18-20-56(21-19-30)45(66)53-33-13-10-29(11-14-33)24-38(58-23-22-57(41(62)42(58)63)37-27-32(50)12-16-36(37)59-28-51-54-55-59)40(61)52-34-15-17-35-31(25-34)26-39(44(65)69-48(4,5)6)60(35)46(67)70-49(7,8)9/h10-17,25-28,30,38H,18-24H2,1-9H3,(H,52,61)(H,53,66). The Morgan fingerprint density at radius 1 is 0.729 bits per heavy atom. The molecule has 0 aliphatic carbocycles. The lowest BCUT2D eigenvalue weighted by Crippen LogP contribution is -2.60. The summed E-state index contributed by atoms with van der Waals surface area (Å²) in [5.74, 6) is -3.86. The van der Waals surface area contributed by atoms with E-state index >= 15 is 0 Å². The number of carbonyl (C=O) groups is 7. The molecule has 2 aliphatic rings. The van der Waals surface area contributed by atoms with Crippen molar-refractivity contribution in [3.8, 4) is 5.69 Å². The van der Waals surface area contributed by atoms with Crippen molar-refractivity contribution >= 4 is 81.4 Å². The average Bonchev–Trinajstić information content (AvgIpc) is 3.95. The molecule has 2 fully saturated rings. The highest BCUT2D eigenvalue weighted by Crippen LogP contribution is 2.32. The van der Waals surface area contributed by atoms with Crippen molar-refractivity contribution in [2.45, 2.75) is 104 Å². The molecule has 7 rings (SSSR count). The molecule has 1 atom stereocenters. The number of halogens is 1. The van der Waals surface area contributed by atoms with E-state index in [0.717, 1.165) is 4.57 Å². The number of fused-ring (bicyclic) bond motifs is 1. The minimum absolute atomic E-state index is 0.0264. The normalized spacial score (nSPS) is 15.4. The number of carbonyl (C=O) groups excluding carboxylic acids is 7. The van der Waals surface area contributed by atoms with Gasteiger partial charge in [-0.25, -0.2) is 19.0 Å². The minimum Gasteiger partial charge on any atom is -0.460 e. The second-order valence-electron chi connectivity index (χ2n) is 20.1. The molecule has 70 heavy (non-hydrogen) atoms. The minimum atomic E-state index is -1.25. The molecule has 2 saturated heterocycles. The van der Waals surface area contributed by atoms with E-state index in [9.17, 15) is 33.6 Å². The van der Waals surface area contributed by atoms with Gasteiger partial charge in [-0.2, -0.15) is 4.68 Å². The highest BCUT2D eigenvalue weighted by Gasteiger charge is 2.41. The third-order valence-corrected chi connectivity index (χ3v) is 11.4. The van der Waals surface area contributed by atoms with Crippen molar-refractivity contribution in [1.29, 1.82) is 0 Å². The summed E-state index contributed by atoms with van der Waals surface area (Å²) in [5, 5.41) is 17.8. The molecule has 20 nitrogen and oxygen atoms in total. The molecular weight excluding hydrogens is 924 g/mol. The summed E-state index contributed by atoms with van der Waals surface area (Å²) in [5.41, 5.74) is -0.161. The van der Waals surface area contributed by atoms with Crippen LogP contribution in [0.3, 0.4) is 0 Å². The van der Waals surface area contributed by atoms with Crippen LogP contribution in [0.2, 0.25) is 5.02 Å². The Morgan fingerprint density at radius 3 is 2.01 bits per heavy atom. The molecule has 2 aromatic heterocycles. The fourth-order valence-electron chi connectivity index (χ4n) is 8.06. The lowest BCUT2D eigenvalue weighted by Gasteiger charge is -2.38. The average molecular weight is 982 g/mol. The summed E-state index contributed by atoms with van der Waals surface area (Å²) in [6, 6.07) is 16.0. The van der Waals surface area contributed by atoms with E-state index in [1.165, 1.54) is 32.9 Å². The molecule has 5 aromatic rings. The largest absolute Gasteiger partial charge is 0.460 e. The van der Waals surface area contributed by atoms with Crippen molar-refractivity contribution in [3.63, 3.8) is 0 Å². The zero-order valence-electron chi connectivity index (χ0n) is 40.6. The van der Waals surface area contributed by atoms with Crippen molar-refractivity contribution < 1.29 is 47.8 Å². The van der Waals surface area contributed by atoms with E-state index < -0.39 is 52.6 Å². The predicted octanol–water partition coefficient (Wildman–Crippen LogP) is 7.02. The Hall–Kier alpha value is -7.35. The number of nitrogens with zero attached hydrogens (tertiary/aromatic N) is 8. The van der Waals surface area contributed by atoms with Gasteiger partial charge < -0.3 is 39.5 Å². The lowest BCUT2D eigenvalue weighted by atomic mass is 9.97. The molecule has 0 radical (unpaired) electrons. The summed E-state index contributed by atoms with van der Waals surface area (Å²) in [6.45, 7) is 16.3. The Morgan fingerprint density at radius 2 is 1.39 bits per heavy atom. The van der Waals surface area contributed by atoms with Crippen molar-refractivity contribution in [2.24, 2.45) is 5.92 Å². The zero-order valence-corrected chi connectivity index (χ0v) is 41.3. The fourth-order valence-corrected chi connectivity index (χ4v) is 8.22. The van der Waals surface area contributed by atoms with E-state index in [2.05, 4.69) is 26.2 Å². The van der Waals surface area contributed by atoms with Crippen LogP contribution in [0, 0.1) is 5.92 Å². The summed E-state index contributed by atoms with van der Waals surface area (Å²) in [4.78, 5) is 100. The number of esters is 2. The number of hydrogen-bond donors (Lipinski definition) is 2. The second-order valence-corrected chi connectivity index (χ2v) is 20.5. The number of tetrazole rings is 1. The third-order valence-electron chi connectivity index (χ3n) is 11.2. The van der Waals surface area contributed by atoms with E-state index in [1.807, 2.05) is 20.8 Å². The maximum atomic E-state index is 14.6. The van der Waals surface area contributed by atoms with Crippen LogP contribution < -0.4 is 15.5 Å². The van der Waals surface area contributed by atoms with Crippen LogP contribution in [0.4, 0.5) is 26.7 Å². The molecular formula is C49H57ClN10O10. The van der Waals surface area contributed by atoms with Crippen LogP contribution >= 0.6 is 11.6 Å². The Kier molecular flexibility index (Phi) is 14.4. The number of amides is 5. The van der Waals surface area contributed by atoms with Gasteiger partial charge in [0, 0.05) is 54.4 Å². The second kappa shape index (κ2) is 19.9. The molecule has 3 aromatic carbocycles. The summed E-state index contributed by atoms with van der Waals surface area (Å²) < 4.78 is 19.3. The van der Waals surface area contributed by atoms with Gasteiger partial charge in [0.25, 0.3) is 0 Å². The first-order chi connectivity index (χ1) is 32.8. The van der Waals surface area contributed by atoms with E-state index in [0.29, 0.717) is 58.8 Å². The molecule has 370 valence electrons. The number of piperidine rings is 1. The van der Waals surface area contributed by atoms with Gasteiger partial charge >= 0.3 is 35.9 Å². The molecule has 21 heteroatoms. The molecule has 2 N–H and O–H groups in total. The summed E-state index contributed by atoms with van der Waals surface area (Å²) in [6.07, 6.45) is 1.42. The molecule has 5 amide bonds. The molecule has 0 bridgehead atoms. The maximum absolute atomic E-state index is 14.6. The Balaban J connectivity index is 1.14. The van der Waals surface area contributed by atoms with E-state index in [1.54, 1.807) is 101 Å². The SMILES string of the molecule is CC(C)(C)OC(=O)c1cc2cc(NC(=O)C(Cc3ccc(NC(=O)N4CCC(C(=O)OC(C)(C)C)CC4)cc3)N3CCN(c4cc(Cl)ccc4-n4cnnn4)C(=O)C3=O)ccc2n1C(=O)OC(C)(C)C. The van der Waals surface area contributed by atoms with Gasteiger partial charge in [0.1, 0.15) is 34.9 Å². The van der Waals surface area contributed by atoms with Crippen LogP contribution in [0.25, 0.3) is 16.6 Å². The number of likely N-dealkylation sites (tertiary alicyclic amines) is 1. The van der Waals surface area contributed by atoms with Crippen molar-refractivity contribution in [2.75, 3.05) is 41.7 Å². The number of ether oxygens (including phenoxy) is 3. The molecule has 0 saturated carbocycles. The number of aromatic nitrogens is 5. The summed E-state index contributed by atoms with van der Waals surface area (Å²) >= 11 is 6.37. The first-order valence-corrected chi connectivity index (χ1v) is 23.2. The number of urea groups is 1. The van der Waals surface area contributed by atoms with Crippen molar-refractivity contribution in [3.05, 3.63) is 89.3 Å². The lowest BCUT2D eigenvalue weighted by molar-refractivity contribution is -0.161. The Labute approximate surface area is 409 Å². The zero-order chi connectivity index (χ0) is 50.9. The van der Waals surface area contributed by atoms with E-state index in [4.69, 9.17) is 25.8 Å². The van der Waals surface area contributed by atoms with Gasteiger partial charge in [0.05, 0.1) is 22.8 Å². The fraction of sp³-hybridized carbons (Fsp3) is 0.429. The smallest absolute Gasteiger partial charge is 0.419 e. The highest BCUT2D eigenvalue weighted by atomic mass is 35.5. The van der Waals surface area contributed by atoms with Gasteiger partial charge in [0.15, 0.2) is 0 Å². The number of nitrogens with one attached hydrogen (secondary N) is 2. The van der Waals surface area contributed by atoms with E-state index in [-0.39, 0.29) is 54.5 Å². The van der Waals surface area contributed by atoms with Gasteiger partial charge in [-0.05, 0) is 146 Å².